The van der Waals surface area contributed by atoms with E-state index >= 15 is 0 Å². The van der Waals surface area contributed by atoms with Gasteiger partial charge >= 0.3 is 11.9 Å². The Balaban J connectivity index is 1.92. The quantitative estimate of drug-likeness (QED) is 0.565. The normalized spacial score (nSPS) is 15.8. The van der Waals surface area contributed by atoms with Crippen LogP contribution in [0, 0.1) is 5.92 Å². The van der Waals surface area contributed by atoms with E-state index in [4.69, 9.17) is 9.47 Å². The van der Waals surface area contributed by atoms with Crippen LogP contribution in [-0.4, -0.2) is 49.4 Å². The molecular weight excluding hydrogens is 406 g/mol. The summed E-state index contributed by atoms with van der Waals surface area (Å²) < 4.78 is 10.1. The molecule has 164 valence electrons. The van der Waals surface area contributed by atoms with Crippen LogP contribution in [0.2, 0.25) is 0 Å². The second-order valence-corrected chi connectivity index (χ2v) is 7.65. The molecule has 2 aromatic carbocycles. The predicted octanol–water partition coefficient (Wildman–Crippen LogP) is 3.99. The van der Waals surface area contributed by atoms with Gasteiger partial charge in [0.05, 0.1) is 20.1 Å². The summed E-state index contributed by atoms with van der Waals surface area (Å²) in [6.45, 7) is 1.06. The summed E-state index contributed by atoms with van der Waals surface area (Å²) in [5.41, 5.74) is 3.29. The third kappa shape index (κ3) is 4.19. The van der Waals surface area contributed by atoms with Crippen molar-refractivity contribution in [3.05, 3.63) is 66.2 Å². The molecule has 1 atom stereocenters. The van der Waals surface area contributed by atoms with Crippen LogP contribution in [0.25, 0.3) is 22.4 Å². The Hall–Kier alpha value is -3.74. The number of rotatable bonds is 5. The summed E-state index contributed by atoms with van der Waals surface area (Å²) in [6, 6.07) is 19.3. The first-order chi connectivity index (χ1) is 15.6. The molecule has 1 aliphatic rings. The lowest BCUT2D eigenvalue weighted by atomic mass is 9.93. The number of esters is 2. The molecule has 4 rings (SSSR count). The summed E-state index contributed by atoms with van der Waals surface area (Å²) in [5, 5.41) is 9.03. The molecule has 1 unspecified atom stereocenters. The fraction of sp³-hybridized carbons (Fsp3) is 0.280. The van der Waals surface area contributed by atoms with Gasteiger partial charge in [0.15, 0.2) is 5.82 Å². The average Bonchev–Trinajstić information content (AvgIpc) is 2.88. The molecule has 3 aromatic rings. The van der Waals surface area contributed by atoms with Crippen LogP contribution in [0.4, 0.5) is 5.82 Å². The summed E-state index contributed by atoms with van der Waals surface area (Å²) in [7, 11) is 2.75. The van der Waals surface area contributed by atoms with E-state index in [1.165, 1.54) is 14.2 Å². The fourth-order valence-electron chi connectivity index (χ4n) is 4.16. The lowest BCUT2D eigenvalue weighted by Gasteiger charge is -2.33. The molecule has 32 heavy (non-hydrogen) atoms. The lowest BCUT2D eigenvalue weighted by molar-refractivity contribution is -0.145. The smallest absolute Gasteiger partial charge is 0.342 e. The maximum atomic E-state index is 13.1. The van der Waals surface area contributed by atoms with Crippen molar-refractivity contribution >= 4 is 17.8 Å². The van der Waals surface area contributed by atoms with Crippen molar-refractivity contribution in [2.24, 2.45) is 5.92 Å². The van der Waals surface area contributed by atoms with Gasteiger partial charge in [0.2, 0.25) is 0 Å². The molecule has 7 nitrogen and oxygen atoms in total. The van der Waals surface area contributed by atoms with Gasteiger partial charge in [0.1, 0.15) is 11.3 Å². The number of carbonyl (C=O) groups is 2. The molecule has 1 aliphatic heterocycles. The largest absolute Gasteiger partial charge is 0.469 e. The Labute approximate surface area is 187 Å². The maximum absolute atomic E-state index is 13.1. The van der Waals surface area contributed by atoms with Gasteiger partial charge < -0.3 is 14.4 Å². The number of carbonyl (C=O) groups excluding carboxylic acids is 2. The second-order valence-electron chi connectivity index (χ2n) is 7.65. The van der Waals surface area contributed by atoms with E-state index in [1.54, 1.807) is 0 Å². The zero-order valence-corrected chi connectivity index (χ0v) is 18.2. The highest BCUT2D eigenvalue weighted by atomic mass is 16.5. The van der Waals surface area contributed by atoms with Crippen LogP contribution in [0.5, 0.6) is 0 Å². The molecule has 1 fully saturated rings. The van der Waals surface area contributed by atoms with E-state index in [0.717, 1.165) is 24.0 Å². The second kappa shape index (κ2) is 9.60. The van der Waals surface area contributed by atoms with Crippen LogP contribution >= 0.6 is 0 Å². The van der Waals surface area contributed by atoms with E-state index < -0.39 is 5.97 Å². The van der Waals surface area contributed by atoms with E-state index in [-0.39, 0.29) is 11.9 Å². The summed E-state index contributed by atoms with van der Waals surface area (Å²) in [6.07, 6.45) is 1.51. The maximum Gasteiger partial charge on any atom is 0.342 e. The molecule has 0 amide bonds. The van der Waals surface area contributed by atoms with Gasteiger partial charge in [0.25, 0.3) is 0 Å². The van der Waals surface area contributed by atoms with Gasteiger partial charge in [-0.3, -0.25) is 4.79 Å². The van der Waals surface area contributed by atoms with Gasteiger partial charge in [-0.05, 0) is 18.4 Å². The summed E-state index contributed by atoms with van der Waals surface area (Å²) in [5.74, 6) is -0.614. The Morgan fingerprint density at radius 3 is 2.19 bits per heavy atom. The average molecular weight is 431 g/mol. The van der Waals surface area contributed by atoms with Gasteiger partial charge in [-0.1, -0.05) is 60.7 Å². The highest BCUT2D eigenvalue weighted by Gasteiger charge is 2.32. The van der Waals surface area contributed by atoms with E-state index in [0.29, 0.717) is 35.7 Å². The number of methoxy groups -OCH3 is 2. The Morgan fingerprint density at radius 1 is 0.906 bits per heavy atom. The summed E-state index contributed by atoms with van der Waals surface area (Å²) >= 11 is 0. The van der Waals surface area contributed by atoms with Crippen molar-refractivity contribution in [1.29, 1.82) is 0 Å². The molecule has 0 bridgehead atoms. The third-order valence-corrected chi connectivity index (χ3v) is 5.71. The van der Waals surface area contributed by atoms with E-state index in [1.807, 2.05) is 65.6 Å². The fourth-order valence-corrected chi connectivity index (χ4v) is 4.16. The molecule has 1 saturated heterocycles. The first-order valence-electron chi connectivity index (χ1n) is 10.6. The lowest BCUT2D eigenvalue weighted by Crippen LogP contribution is -2.40. The zero-order chi connectivity index (χ0) is 22.5. The number of hydrogen-bond acceptors (Lipinski definition) is 7. The van der Waals surface area contributed by atoms with Crippen molar-refractivity contribution in [2.75, 3.05) is 32.2 Å². The minimum Gasteiger partial charge on any atom is -0.469 e. The van der Waals surface area contributed by atoms with Crippen molar-refractivity contribution < 1.29 is 19.1 Å². The van der Waals surface area contributed by atoms with Crippen LogP contribution in [0.15, 0.2) is 60.7 Å². The first-order valence-corrected chi connectivity index (χ1v) is 10.6. The van der Waals surface area contributed by atoms with E-state index in [9.17, 15) is 9.59 Å². The molecule has 1 aromatic heterocycles. The molecule has 0 N–H and O–H groups in total. The zero-order valence-electron chi connectivity index (χ0n) is 18.2. The van der Waals surface area contributed by atoms with Crippen molar-refractivity contribution in [1.82, 2.24) is 10.2 Å². The van der Waals surface area contributed by atoms with Crippen molar-refractivity contribution in [3.63, 3.8) is 0 Å². The Bertz CT molecular complexity index is 1100. The molecule has 7 heteroatoms. The number of nitrogens with zero attached hydrogens (tertiary/aromatic N) is 3. The van der Waals surface area contributed by atoms with Crippen LogP contribution < -0.4 is 4.90 Å². The Kier molecular flexibility index (Phi) is 6.44. The number of benzene rings is 2. The minimum atomic E-state index is -0.494. The van der Waals surface area contributed by atoms with Gasteiger partial charge in [-0.15, -0.1) is 10.2 Å². The van der Waals surface area contributed by atoms with Gasteiger partial charge in [-0.2, -0.15) is 0 Å². The number of hydrogen-bond donors (Lipinski definition) is 0. The molecular formula is C25H25N3O4. The monoisotopic (exact) mass is 431 g/mol. The number of aromatic nitrogens is 2. The minimum absolute atomic E-state index is 0.258. The standard InChI is InChI=1S/C25H25N3O4/c1-31-24(29)19-14-9-15-28(16-19)23-21(25(30)32-2)20(17-10-5-3-6-11-17)22(26-27-23)18-12-7-4-8-13-18/h3-8,10-13,19H,9,14-16H2,1-2H3. The van der Waals surface area contributed by atoms with E-state index in [2.05, 4.69) is 10.2 Å². The number of ether oxygens (including phenoxy) is 2. The molecule has 0 aliphatic carbocycles. The van der Waals surface area contributed by atoms with Crippen molar-refractivity contribution in [3.8, 4) is 22.4 Å². The van der Waals surface area contributed by atoms with Crippen LogP contribution in [0.1, 0.15) is 23.2 Å². The Morgan fingerprint density at radius 2 is 1.56 bits per heavy atom. The van der Waals surface area contributed by atoms with Gasteiger partial charge in [0, 0.05) is 24.2 Å². The first kappa shape index (κ1) is 21.5. The van der Waals surface area contributed by atoms with Crippen LogP contribution in [-0.2, 0) is 14.3 Å². The highest BCUT2D eigenvalue weighted by molar-refractivity contribution is 6.05. The third-order valence-electron chi connectivity index (χ3n) is 5.71. The van der Waals surface area contributed by atoms with Crippen LogP contribution in [0.3, 0.4) is 0 Å². The molecule has 0 spiro atoms. The topological polar surface area (TPSA) is 81.6 Å². The molecule has 0 saturated carbocycles. The molecule has 0 radical (unpaired) electrons. The molecule has 2 heterocycles. The number of piperidine rings is 1. The number of anilines is 1. The summed E-state index contributed by atoms with van der Waals surface area (Å²) in [4.78, 5) is 27.2. The van der Waals surface area contributed by atoms with Gasteiger partial charge in [-0.25, -0.2) is 4.79 Å². The highest BCUT2D eigenvalue weighted by Crippen LogP contribution is 2.38. The van der Waals surface area contributed by atoms with Crippen molar-refractivity contribution in [2.45, 2.75) is 12.8 Å². The SMILES string of the molecule is COC(=O)c1c(N2CCCC(C(=O)OC)C2)nnc(-c2ccccc2)c1-c1ccccc1. The predicted molar refractivity (Wildman–Crippen MR) is 121 cm³/mol.